The van der Waals surface area contributed by atoms with Crippen molar-refractivity contribution in [2.45, 2.75) is 18.7 Å². The van der Waals surface area contributed by atoms with Gasteiger partial charge in [0.1, 0.15) is 10.6 Å². The van der Waals surface area contributed by atoms with Gasteiger partial charge in [-0.15, -0.1) is 0 Å². The molecular weight excluding hydrogens is 476 g/mol. The fourth-order valence-corrected chi connectivity index (χ4v) is 5.22. The number of anilines is 1. The number of carbonyl (C=O) groups is 2. The number of sulfonamides is 1. The number of carbonyl (C=O) groups excluding carboxylic acids is 2. The van der Waals surface area contributed by atoms with Gasteiger partial charge in [0.05, 0.1) is 19.3 Å². The highest BCUT2D eigenvalue weighted by molar-refractivity contribution is 7.89. The molecule has 0 spiro atoms. The number of halogens is 1. The number of nitrogens with one attached hydrogen (secondary N) is 1. The molecule has 0 bridgehead atoms. The number of amides is 1. The lowest BCUT2D eigenvalue weighted by molar-refractivity contribution is -0.116. The Morgan fingerprint density at radius 1 is 1.03 bits per heavy atom. The summed E-state index contributed by atoms with van der Waals surface area (Å²) in [6.07, 6.45) is 0. The van der Waals surface area contributed by atoms with Crippen LogP contribution in [0.1, 0.15) is 28.4 Å². The fraction of sp³-hybridized carbons (Fsp3) is 0.200. The second-order valence-electron chi connectivity index (χ2n) is 7.52. The number of aryl methyl sites for hydroxylation is 1. The van der Waals surface area contributed by atoms with E-state index in [-0.39, 0.29) is 34.2 Å². The predicted octanol–water partition coefficient (Wildman–Crippen LogP) is 4.54. The second kappa shape index (κ2) is 10.8. The summed E-state index contributed by atoms with van der Waals surface area (Å²) in [4.78, 5) is 25.9. The van der Waals surface area contributed by atoms with Crippen LogP contribution in [0.4, 0.5) is 5.69 Å². The third-order valence-electron chi connectivity index (χ3n) is 5.15. The van der Waals surface area contributed by atoms with Gasteiger partial charge in [0, 0.05) is 22.7 Å². The van der Waals surface area contributed by atoms with Crippen LogP contribution in [0.25, 0.3) is 0 Å². The van der Waals surface area contributed by atoms with E-state index in [0.717, 1.165) is 9.87 Å². The Bertz CT molecular complexity index is 1310. The van der Waals surface area contributed by atoms with Gasteiger partial charge in [-0.1, -0.05) is 54.9 Å². The van der Waals surface area contributed by atoms with E-state index in [4.69, 9.17) is 16.3 Å². The molecule has 0 aliphatic rings. The van der Waals surface area contributed by atoms with Crippen LogP contribution < -0.4 is 10.1 Å². The van der Waals surface area contributed by atoms with Crippen molar-refractivity contribution in [1.29, 1.82) is 0 Å². The number of hydrogen-bond acceptors (Lipinski definition) is 5. The highest BCUT2D eigenvalue weighted by atomic mass is 35.5. The molecule has 34 heavy (non-hydrogen) atoms. The van der Waals surface area contributed by atoms with Crippen molar-refractivity contribution in [2.75, 3.05) is 25.5 Å². The van der Waals surface area contributed by atoms with E-state index in [1.165, 1.54) is 25.3 Å². The maximum absolute atomic E-state index is 13.3. The number of methoxy groups -OCH3 is 1. The summed E-state index contributed by atoms with van der Waals surface area (Å²) in [5.41, 5.74) is 1.62. The van der Waals surface area contributed by atoms with Crippen molar-refractivity contribution in [1.82, 2.24) is 4.31 Å². The molecule has 3 rings (SSSR count). The highest BCUT2D eigenvalue weighted by Crippen LogP contribution is 2.28. The van der Waals surface area contributed by atoms with Crippen LogP contribution in [0.3, 0.4) is 0 Å². The zero-order valence-electron chi connectivity index (χ0n) is 19.0. The van der Waals surface area contributed by atoms with Crippen LogP contribution in [0.15, 0.2) is 71.6 Å². The minimum atomic E-state index is -4.02. The molecule has 0 aliphatic carbocycles. The highest BCUT2D eigenvalue weighted by Gasteiger charge is 2.29. The van der Waals surface area contributed by atoms with Crippen LogP contribution in [0.5, 0.6) is 5.75 Å². The van der Waals surface area contributed by atoms with Crippen LogP contribution >= 0.6 is 11.6 Å². The summed E-state index contributed by atoms with van der Waals surface area (Å²) in [6, 6.07) is 17.9. The van der Waals surface area contributed by atoms with E-state index in [0.29, 0.717) is 10.6 Å². The first-order chi connectivity index (χ1) is 16.2. The predicted molar refractivity (Wildman–Crippen MR) is 132 cm³/mol. The molecule has 0 aliphatic heterocycles. The molecular formula is C25H25ClN2O5S. The molecule has 0 fully saturated rings. The molecule has 0 saturated heterocycles. The first-order valence-corrected chi connectivity index (χ1v) is 12.3. The third-order valence-corrected chi connectivity index (χ3v) is 7.32. The van der Waals surface area contributed by atoms with Gasteiger partial charge in [-0.2, -0.15) is 4.31 Å². The average Bonchev–Trinajstić information content (AvgIpc) is 2.83. The molecule has 1 N–H and O–H groups in total. The zero-order chi connectivity index (χ0) is 24.9. The third kappa shape index (κ3) is 5.64. The van der Waals surface area contributed by atoms with Gasteiger partial charge in [-0.3, -0.25) is 9.59 Å². The lowest BCUT2D eigenvalue weighted by Crippen LogP contribution is -2.38. The van der Waals surface area contributed by atoms with E-state index >= 15 is 0 Å². The van der Waals surface area contributed by atoms with Crippen LogP contribution in [-0.4, -0.2) is 44.6 Å². The van der Waals surface area contributed by atoms with E-state index in [9.17, 15) is 18.0 Å². The first kappa shape index (κ1) is 25.4. The van der Waals surface area contributed by atoms with E-state index in [2.05, 4.69) is 5.32 Å². The molecule has 7 nitrogen and oxygen atoms in total. The van der Waals surface area contributed by atoms with Crippen molar-refractivity contribution in [3.8, 4) is 5.75 Å². The number of benzene rings is 3. The molecule has 9 heteroatoms. The number of rotatable bonds is 9. The minimum Gasteiger partial charge on any atom is -0.495 e. The Kier molecular flexibility index (Phi) is 8.09. The van der Waals surface area contributed by atoms with Crippen molar-refractivity contribution < 1.29 is 22.7 Å². The first-order valence-electron chi connectivity index (χ1n) is 10.5. The number of nitrogens with zero attached hydrogens (tertiary/aromatic N) is 1. The average molecular weight is 501 g/mol. The molecule has 0 unspecified atom stereocenters. The molecule has 0 saturated carbocycles. The number of ketones is 1. The maximum Gasteiger partial charge on any atom is 0.247 e. The van der Waals surface area contributed by atoms with Crippen molar-refractivity contribution >= 4 is 39.0 Å². The summed E-state index contributed by atoms with van der Waals surface area (Å²) in [5.74, 6) is -0.720. The van der Waals surface area contributed by atoms with Gasteiger partial charge in [0.2, 0.25) is 15.9 Å². The normalized spacial score (nSPS) is 11.3. The summed E-state index contributed by atoms with van der Waals surface area (Å²) in [7, 11) is -2.63. The van der Waals surface area contributed by atoms with Crippen LogP contribution in [-0.2, 0) is 14.8 Å². The zero-order valence-corrected chi connectivity index (χ0v) is 20.6. The molecule has 0 aromatic heterocycles. The fourth-order valence-electron chi connectivity index (χ4n) is 3.40. The van der Waals surface area contributed by atoms with Gasteiger partial charge < -0.3 is 10.1 Å². The van der Waals surface area contributed by atoms with Crippen molar-refractivity contribution in [2.24, 2.45) is 0 Å². The molecule has 3 aromatic carbocycles. The van der Waals surface area contributed by atoms with Gasteiger partial charge in [0.15, 0.2) is 5.78 Å². The standard InChI is InChI=1S/C25H25ClN2O5S/c1-4-28(34(31,32)23-14-17(2)10-13-22(23)33-3)16-24(29)27-21-12-11-19(26)15-20(21)25(30)18-8-6-5-7-9-18/h5-15H,4,16H2,1-3H3,(H,27,29). The Balaban J connectivity index is 1.87. The minimum absolute atomic E-state index is 0.0175. The molecule has 178 valence electrons. The van der Waals surface area contributed by atoms with Gasteiger partial charge >= 0.3 is 0 Å². The summed E-state index contributed by atoms with van der Waals surface area (Å²) >= 11 is 6.10. The second-order valence-corrected chi connectivity index (χ2v) is 9.86. The van der Waals surface area contributed by atoms with Crippen LogP contribution in [0.2, 0.25) is 5.02 Å². The molecule has 0 atom stereocenters. The smallest absolute Gasteiger partial charge is 0.247 e. The maximum atomic E-state index is 13.3. The molecule has 0 heterocycles. The SMILES string of the molecule is CCN(CC(=O)Nc1ccc(Cl)cc1C(=O)c1ccccc1)S(=O)(=O)c1cc(C)ccc1OC. The lowest BCUT2D eigenvalue weighted by Gasteiger charge is -2.22. The Morgan fingerprint density at radius 2 is 1.74 bits per heavy atom. The largest absolute Gasteiger partial charge is 0.495 e. The number of likely N-dealkylation sites (N-methyl/N-ethyl adjacent to an activating group) is 1. The van der Waals surface area contributed by atoms with Crippen molar-refractivity contribution in [3.05, 3.63) is 88.4 Å². The van der Waals surface area contributed by atoms with E-state index < -0.39 is 22.5 Å². The Labute approximate surface area is 204 Å². The molecule has 0 radical (unpaired) electrons. The van der Waals surface area contributed by atoms with Crippen molar-refractivity contribution in [3.63, 3.8) is 0 Å². The monoisotopic (exact) mass is 500 g/mol. The van der Waals surface area contributed by atoms with Gasteiger partial charge in [0.25, 0.3) is 0 Å². The van der Waals surface area contributed by atoms with E-state index in [1.54, 1.807) is 62.4 Å². The quantitative estimate of drug-likeness (QED) is 0.435. The molecule has 1 amide bonds. The van der Waals surface area contributed by atoms with Gasteiger partial charge in [-0.25, -0.2) is 8.42 Å². The van der Waals surface area contributed by atoms with Crippen LogP contribution in [0, 0.1) is 6.92 Å². The summed E-state index contributed by atoms with van der Waals surface area (Å²) in [5, 5.41) is 3.00. The topological polar surface area (TPSA) is 92.8 Å². The van der Waals surface area contributed by atoms with Gasteiger partial charge in [-0.05, 0) is 42.8 Å². The summed E-state index contributed by atoms with van der Waals surface area (Å²) in [6.45, 7) is 3.02. The Morgan fingerprint density at radius 3 is 2.38 bits per heavy atom. The molecule has 3 aromatic rings. The number of ether oxygens (including phenoxy) is 1. The lowest BCUT2D eigenvalue weighted by atomic mass is 10.0. The summed E-state index contributed by atoms with van der Waals surface area (Å²) < 4.78 is 32.8. The Hall–Kier alpha value is -3.20. The number of hydrogen-bond donors (Lipinski definition) is 1. The van der Waals surface area contributed by atoms with E-state index in [1.807, 2.05) is 0 Å².